The lowest BCUT2D eigenvalue weighted by Crippen LogP contribution is -2.36. The van der Waals surface area contributed by atoms with Crippen LogP contribution >= 0.6 is 0 Å². The zero-order valence-corrected chi connectivity index (χ0v) is 12.3. The number of rotatable bonds is 4. The Balaban J connectivity index is 1.79. The molecule has 0 unspecified atom stereocenters. The second-order valence-corrected chi connectivity index (χ2v) is 6.81. The highest BCUT2D eigenvalue weighted by Gasteiger charge is 2.34. The number of hydrogen-bond donors (Lipinski definition) is 1. The van der Waals surface area contributed by atoms with E-state index in [9.17, 15) is 4.79 Å². The predicted octanol–water partition coefficient (Wildman–Crippen LogP) is 3.41. The van der Waals surface area contributed by atoms with E-state index in [-0.39, 0.29) is 17.5 Å². The highest BCUT2D eigenvalue weighted by atomic mass is 16.5. The fourth-order valence-corrected chi connectivity index (χ4v) is 3.64. The predicted molar refractivity (Wildman–Crippen MR) is 76.7 cm³/mol. The third-order valence-corrected chi connectivity index (χ3v) is 5.13. The summed E-state index contributed by atoms with van der Waals surface area (Å²) in [4.78, 5) is 12.1. The van der Waals surface area contributed by atoms with Crippen LogP contribution in [0.25, 0.3) is 0 Å². The van der Waals surface area contributed by atoms with Crippen LogP contribution in [-0.4, -0.2) is 18.6 Å². The van der Waals surface area contributed by atoms with Gasteiger partial charge in [0.1, 0.15) is 6.10 Å². The molecule has 0 aromatic carbocycles. The number of hydrogen-bond acceptors (Lipinski definition) is 3. The molecule has 0 heterocycles. The van der Waals surface area contributed by atoms with Crippen molar-refractivity contribution >= 4 is 5.97 Å². The Morgan fingerprint density at radius 2 is 1.79 bits per heavy atom. The Bertz CT molecular complexity index is 289. The number of ether oxygens (including phenoxy) is 1. The van der Waals surface area contributed by atoms with Crippen molar-refractivity contribution in [1.82, 2.24) is 0 Å². The molecule has 0 saturated heterocycles. The van der Waals surface area contributed by atoms with Crippen LogP contribution < -0.4 is 5.73 Å². The van der Waals surface area contributed by atoms with Crippen LogP contribution in [0.15, 0.2) is 0 Å². The van der Waals surface area contributed by atoms with Gasteiger partial charge in [-0.3, -0.25) is 4.79 Å². The number of esters is 1. The molecular formula is C16H29NO2. The van der Waals surface area contributed by atoms with E-state index in [4.69, 9.17) is 10.5 Å². The third kappa shape index (κ3) is 4.20. The number of carbonyl (C=O) groups is 1. The SMILES string of the molecule is CC1CCC(OC(=O)CC2(CN)CCCCC2)CC1. The van der Waals surface area contributed by atoms with E-state index < -0.39 is 0 Å². The third-order valence-electron chi connectivity index (χ3n) is 5.13. The van der Waals surface area contributed by atoms with Gasteiger partial charge in [-0.15, -0.1) is 0 Å². The summed E-state index contributed by atoms with van der Waals surface area (Å²) in [5.41, 5.74) is 5.97. The minimum atomic E-state index is -0.00750. The molecule has 3 nitrogen and oxygen atoms in total. The maximum Gasteiger partial charge on any atom is 0.306 e. The van der Waals surface area contributed by atoms with Crippen molar-refractivity contribution in [2.24, 2.45) is 17.1 Å². The molecule has 3 heteroatoms. The molecule has 2 fully saturated rings. The first-order chi connectivity index (χ1) is 9.13. The summed E-state index contributed by atoms with van der Waals surface area (Å²) in [7, 11) is 0. The van der Waals surface area contributed by atoms with Gasteiger partial charge in [-0.05, 0) is 56.4 Å². The maximum atomic E-state index is 12.1. The molecule has 0 aromatic rings. The van der Waals surface area contributed by atoms with Crippen LogP contribution in [0.4, 0.5) is 0 Å². The minimum Gasteiger partial charge on any atom is -0.462 e. The van der Waals surface area contributed by atoms with Gasteiger partial charge < -0.3 is 10.5 Å². The maximum absolute atomic E-state index is 12.1. The van der Waals surface area contributed by atoms with E-state index in [0.717, 1.165) is 31.6 Å². The van der Waals surface area contributed by atoms with E-state index in [1.807, 2.05) is 0 Å². The standard InChI is InChI=1S/C16H29NO2/c1-13-5-7-14(8-6-13)19-15(18)11-16(12-17)9-3-2-4-10-16/h13-14H,2-12,17H2,1H3. The van der Waals surface area contributed by atoms with Gasteiger partial charge in [0.25, 0.3) is 0 Å². The van der Waals surface area contributed by atoms with Gasteiger partial charge in [0.2, 0.25) is 0 Å². The average molecular weight is 267 g/mol. The van der Waals surface area contributed by atoms with Crippen molar-refractivity contribution in [3.05, 3.63) is 0 Å². The van der Waals surface area contributed by atoms with Crippen LogP contribution in [0, 0.1) is 11.3 Å². The molecule has 0 aliphatic heterocycles. The van der Waals surface area contributed by atoms with Crippen molar-refractivity contribution in [2.75, 3.05) is 6.54 Å². The van der Waals surface area contributed by atoms with Gasteiger partial charge >= 0.3 is 5.97 Å². The quantitative estimate of drug-likeness (QED) is 0.794. The van der Waals surface area contributed by atoms with Crippen molar-refractivity contribution in [1.29, 1.82) is 0 Å². The summed E-state index contributed by atoms with van der Waals surface area (Å²) < 4.78 is 5.67. The van der Waals surface area contributed by atoms with E-state index in [1.165, 1.54) is 32.1 Å². The van der Waals surface area contributed by atoms with Crippen LogP contribution in [0.1, 0.15) is 71.1 Å². The van der Waals surface area contributed by atoms with Crippen LogP contribution in [0.3, 0.4) is 0 Å². The number of nitrogens with two attached hydrogens (primary N) is 1. The fraction of sp³-hybridized carbons (Fsp3) is 0.938. The molecule has 110 valence electrons. The zero-order valence-electron chi connectivity index (χ0n) is 12.3. The van der Waals surface area contributed by atoms with Crippen molar-refractivity contribution in [3.63, 3.8) is 0 Å². The molecular weight excluding hydrogens is 238 g/mol. The smallest absolute Gasteiger partial charge is 0.306 e. The topological polar surface area (TPSA) is 52.3 Å². The van der Waals surface area contributed by atoms with E-state index in [0.29, 0.717) is 13.0 Å². The van der Waals surface area contributed by atoms with E-state index in [2.05, 4.69) is 6.92 Å². The molecule has 0 bridgehead atoms. The summed E-state index contributed by atoms with van der Waals surface area (Å²) in [5, 5.41) is 0. The molecule has 2 N–H and O–H groups in total. The van der Waals surface area contributed by atoms with Crippen molar-refractivity contribution in [2.45, 2.75) is 77.2 Å². The Morgan fingerprint density at radius 3 is 2.37 bits per heavy atom. The zero-order chi connectivity index (χ0) is 13.7. The first kappa shape index (κ1) is 14.8. The van der Waals surface area contributed by atoms with Gasteiger partial charge in [0, 0.05) is 0 Å². The Kier molecular flexibility index (Phi) is 5.26. The second-order valence-electron chi connectivity index (χ2n) is 6.81. The fourth-order valence-electron chi connectivity index (χ4n) is 3.64. The summed E-state index contributed by atoms with van der Waals surface area (Å²) in [5.74, 6) is 0.788. The molecule has 19 heavy (non-hydrogen) atoms. The van der Waals surface area contributed by atoms with Crippen molar-refractivity contribution in [3.8, 4) is 0 Å². The summed E-state index contributed by atoms with van der Waals surface area (Å²) >= 11 is 0. The van der Waals surface area contributed by atoms with Gasteiger partial charge in [-0.25, -0.2) is 0 Å². The molecule has 0 radical (unpaired) electrons. The van der Waals surface area contributed by atoms with Crippen LogP contribution in [0.2, 0.25) is 0 Å². The van der Waals surface area contributed by atoms with Gasteiger partial charge in [0.15, 0.2) is 0 Å². The summed E-state index contributed by atoms with van der Waals surface area (Å²) in [6.45, 7) is 2.91. The first-order valence-corrected chi connectivity index (χ1v) is 8.03. The molecule has 0 atom stereocenters. The first-order valence-electron chi connectivity index (χ1n) is 8.03. The molecule has 0 amide bonds. The van der Waals surface area contributed by atoms with Crippen LogP contribution in [0.5, 0.6) is 0 Å². The average Bonchev–Trinajstić information content (AvgIpc) is 2.42. The highest BCUT2D eigenvalue weighted by molar-refractivity contribution is 5.70. The lowest BCUT2D eigenvalue weighted by Gasteiger charge is -2.36. The van der Waals surface area contributed by atoms with Gasteiger partial charge in [-0.2, -0.15) is 0 Å². The van der Waals surface area contributed by atoms with Gasteiger partial charge in [-0.1, -0.05) is 26.2 Å². The largest absolute Gasteiger partial charge is 0.462 e. The van der Waals surface area contributed by atoms with E-state index in [1.54, 1.807) is 0 Å². The highest BCUT2D eigenvalue weighted by Crippen LogP contribution is 2.39. The van der Waals surface area contributed by atoms with Crippen molar-refractivity contribution < 1.29 is 9.53 Å². The Labute approximate surface area is 117 Å². The second kappa shape index (κ2) is 6.74. The Morgan fingerprint density at radius 1 is 1.16 bits per heavy atom. The lowest BCUT2D eigenvalue weighted by molar-refractivity contribution is -0.154. The minimum absolute atomic E-state index is 0.00750. The monoisotopic (exact) mass is 267 g/mol. The summed E-state index contributed by atoms with van der Waals surface area (Å²) in [6.07, 6.45) is 11.1. The molecule has 2 aliphatic carbocycles. The van der Waals surface area contributed by atoms with E-state index >= 15 is 0 Å². The molecule has 2 rings (SSSR count). The molecule has 0 spiro atoms. The summed E-state index contributed by atoms with van der Waals surface area (Å²) in [6, 6.07) is 0. The Hall–Kier alpha value is -0.570. The molecule has 0 aromatic heterocycles. The molecule has 2 saturated carbocycles. The normalized spacial score (nSPS) is 30.8. The lowest BCUT2D eigenvalue weighted by atomic mass is 9.72. The van der Waals surface area contributed by atoms with Gasteiger partial charge in [0.05, 0.1) is 6.42 Å². The number of carbonyl (C=O) groups excluding carboxylic acids is 1. The van der Waals surface area contributed by atoms with Crippen LogP contribution in [-0.2, 0) is 9.53 Å². The molecule has 2 aliphatic rings.